The number of aliphatic imine (C=N–C) groups is 2. The van der Waals surface area contributed by atoms with Crippen molar-refractivity contribution in [3.63, 3.8) is 0 Å². The third-order valence-corrected chi connectivity index (χ3v) is 1.82. The molecule has 1 aromatic carbocycles. The van der Waals surface area contributed by atoms with Crippen LogP contribution in [0.2, 0.25) is 0 Å². The first-order valence-electron chi connectivity index (χ1n) is 4.79. The van der Waals surface area contributed by atoms with Gasteiger partial charge in [-0.25, -0.2) is 4.99 Å². The number of nitrogens with two attached hydrogens (primary N) is 3. The van der Waals surface area contributed by atoms with E-state index < -0.39 is 0 Å². The van der Waals surface area contributed by atoms with Gasteiger partial charge in [0, 0.05) is 12.6 Å². The number of nitrogens with one attached hydrogen (secondary N) is 1. The van der Waals surface area contributed by atoms with Gasteiger partial charge in [0.2, 0.25) is 5.96 Å². The lowest BCUT2D eigenvalue weighted by Gasteiger charge is -2.01. The van der Waals surface area contributed by atoms with Gasteiger partial charge in [0.1, 0.15) is 0 Å². The van der Waals surface area contributed by atoms with Crippen molar-refractivity contribution in [3.05, 3.63) is 29.8 Å². The second-order valence-corrected chi connectivity index (χ2v) is 3.14. The van der Waals surface area contributed by atoms with Crippen molar-refractivity contribution in [2.24, 2.45) is 27.2 Å². The van der Waals surface area contributed by atoms with E-state index in [-0.39, 0.29) is 17.8 Å². The van der Waals surface area contributed by atoms with Crippen molar-refractivity contribution in [3.8, 4) is 0 Å². The number of guanidine groups is 2. The van der Waals surface area contributed by atoms with Gasteiger partial charge >= 0.3 is 0 Å². The molecule has 0 saturated carbocycles. The number of carbonyl (C=O) groups is 1. The molecule has 0 unspecified atom stereocenters. The smallest absolute Gasteiger partial charge is 0.251 e. The van der Waals surface area contributed by atoms with Crippen molar-refractivity contribution in [2.75, 3.05) is 7.05 Å². The highest BCUT2D eigenvalue weighted by Gasteiger charge is 2.03. The molecule has 0 aliphatic heterocycles. The van der Waals surface area contributed by atoms with Crippen LogP contribution in [0.4, 0.5) is 5.69 Å². The normalized spacial score (nSPS) is 10.8. The summed E-state index contributed by atoms with van der Waals surface area (Å²) in [5.41, 5.74) is 16.7. The predicted molar refractivity (Wildman–Crippen MR) is 66.9 cm³/mol. The van der Waals surface area contributed by atoms with E-state index in [1.807, 2.05) is 0 Å². The highest BCUT2D eigenvalue weighted by Crippen LogP contribution is 2.14. The molecule has 0 aliphatic rings. The molecule has 0 heterocycles. The van der Waals surface area contributed by atoms with Gasteiger partial charge < -0.3 is 22.5 Å². The minimum atomic E-state index is -0.206. The number of amides is 1. The Labute approximate surface area is 98.4 Å². The molecule has 0 radical (unpaired) electrons. The molecule has 1 aromatic rings. The summed E-state index contributed by atoms with van der Waals surface area (Å²) in [6.45, 7) is 0. The molecular weight excluding hydrogens is 220 g/mol. The number of nitrogens with zero attached hydrogens (tertiary/aromatic N) is 2. The topological polar surface area (TPSA) is 132 Å². The van der Waals surface area contributed by atoms with Gasteiger partial charge in [-0.3, -0.25) is 4.79 Å². The molecule has 1 amide bonds. The van der Waals surface area contributed by atoms with Crippen LogP contribution in [-0.4, -0.2) is 24.9 Å². The number of hydrogen-bond acceptors (Lipinski definition) is 2. The molecular formula is C10H14N6O. The highest BCUT2D eigenvalue weighted by atomic mass is 16.1. The Morgan fingerprint density at radius 1 is 1.29 bits per heavy atom. The van der Waals surface area contributed by atoms with Crippen LogP contribution in [-0.2, 0) is 0 Å². The molecule has 0 atom stereocenters. The maximum Gasteiger partial charge on any atom is 0.251 e. The van der Waals surface area contributed by atoms with Gasteiger partial charge in [0.05, 0.1) is 5.69 Å². The fourth-order valence-electron chi connectivity index (χ4n) is 1.15. The summed E-state index contributed by atoms with van der Waals surface area (Å²) in [6, 6.07) is 6.61. The van der Waals surface area contributed by atoms with E-state index in [9.17, 15) is 4.79 Å². The lowest BCUT2D eigenvalue weighted by Crippen LogP contribution is -2.26. The van der Waals surface area contributed by atoms with Gasteiger partial charge in [-0.2, -0.15) is 4.99 Å². The molecule has 0 saturated heterocycles. The van der Waals surface area contributed by atoms with E-state index in [0.717, 1.165) is 0 Å². The van der Waals surface area contributed by atoms with E-state index >= 15 is 0 Å². The standard InChI is InChI=1S/C10H14N6O/c1-14-8(17)6-3-2-4-7(5-6)15-10(13)16-9(11)12/h2-5H,1H3,(H,14,17)(H6,11,12,13,15,16). The summed E-state index contributed by atoms with van der Waals surface area (Å²) in [4.78, 5) is 18.9. The van der Waals surface area contributed by atoms with Gasteiger partial charge in [-0.05, 0) is 18.2 Å². The van der Waals surface area contributed by atoms with Crippen molar-refractivity contribution in [1.82, 2.24) is 5.32 Å². The zero-order valence-electron chi connectivity index (χ0n) is 9.34. The fraction of sp³-hybridized carbons (Fsp3) is 0.100. The van der Waals surface area contributed by atoms with Crippen molar-refractivity contribution < 1.29 is 4.79 Å². The molecule has 17 heavy (non-hydrogen) atoms. The van der Waals surface area contributed by atoms with Crippen molar-refractivity contribution in [2.45, 2.75) is 0 Å². The summed E-state index contributed by atoms with van der Waals surface area (Å²) in [7, 11) is 1.55. The van der Waals surface area contributed by atoms with Crippen LogP contribution >= 0.6 is 0 Å². The van der Waals surface area contributed by atoms with Gasteiger partial charge in [-0.1, -0.05) is 6.07 Å². The van der Waals surface area contributed by atoms with Gasteiger partial charge in [-0.15, -0.1) is 0 Å². The zero-order chi connectivity index (χ0) is 12.8. The largest absolute Gasteiger partial charge is 0.370 e. The Bertz CT molecular complexity index is 475. The van der Waals surface area contributed by atoms with E-state index in [2.05, 4.69) is 15.3 Å². The van der Waals surface area contributed by atoms with Crippen LogP contribution in [0.15, 0.2) is 34.3 Å². The number of benzene rings is 1. The summed E-state index contributed by atoms with van der Waals surface area (Å²) >= 11 is 0. The summed E-state index contributed by atoms with van der Waals surface area (Å²) < 4.78 is 0. The monoisotopic (exact) mass is 234 g/mol. The molecule has 0 aromatic heterocycles. The predicted octanol–water partition coefficient (Wildman–Crippen LogP) is -0.734. The molecule has 7 nitrogen and oxygen atoms in total. The van der Waals surface area contributed by atoms with E-state index in [1.54, 1.807) is 31.3 Å². The van der Waals surface area contributed by atoms with Crippen LogP contribution < -0.4 is 22.5 Å². The minimum absolute atomic E-state index is 0.0703. The lowest BCUT2D eigenvalue weighted by molar-refractivity contribution is 0.0963. The Hall–Kier alpha value is -2.57. The maximum atomic E-state index is 11.4. The number of carbonyl (C=O) groups excluding carboxylic acids is 1. The maximum absolute atomic E-state index is 11.4. The van der Waals surface area contributed by atoms with E-state index in [0.29, 0.717) is 11.3 Å². The zero-order valence-corrected chi connectivity index (χ0v) is 9.34. The summed E-state index contributed by atoms with van der Waals surface area (Å²) in [5.74, 6) is -0.449. The lowest BCUT2D eigenvalue weighted by atomic mass is 10.2. The Morgan fingerprint density at radius 2 is 2.00 bits per heavy atom. The Kier molecular flexibility index (Phi) is 4.04. The molecule has 0 bridgehead atoms. The van der Waals surface area contributed by atoms with E-state index in [4.69, 9.17) is 17.2 Å². The van der Waals surface area contributed by atoms with Crippen LogP contribution in [0.5, 0.6) is 0 Å². The Balaban J connectivity index is 3.00. The van der Waals surface area contributed by atoms with Crippen molar-refractivity contribution in [1.29, 1.82) is 0 Å². The first-order chi connectivity index (χ1) is 8.02. The number of rotatable bonds is 2. The van der Waals surface area contributed by atoms with Crippen molar-refractivity contribution >= 4 is 23.5 Å². The molecule has 7 heteroatoms. The first-order valence-corrected chi connectivity index (χ1v) is 4.79. The molecule has 7 N–H and O–H groups in total. The quantitative estimate of drug-likeness (QED) is 0.396. The minimum Gasteiger partial charge on any atom is -0.370 e. The van der Waals surface area contributed by atoms with Crippen LogP contribution in [0.1, 0.15) is 10.4 Å². The highest BCUT2D eigenvalue weighted by molar-refractivity contribution is 5.96. The summed E-state index contributed by atoms with van der Waals surface area (Å²) in [5, 5.41) is 2.51. The van der Waals surface area contributed by atoms with Gasteiger partial charge in [0.25, 0.3) is 5.91 Å². The third kappa shape index (κ3) is 3.82. The summed E-state index contributed by atoms with van der Waals surface area (Å²) in [6.07, 6.45) is 0. The molecule has 0 fully saturated rings. The third-order valence-electron chi connectivity index (χ3n) is 1.82. The molecule has 1 rings (SSSR count). The van der Waals surface area contributed by atoms with Gasteiger partial charge in [0.15, 0.2) is 5.96 Å². The fourth-order valence-corrected chi connectivity index (χ4v) is 1.15. The van der Waals surface area contributed by atoms with Crippen LogP contribution in [0.25, 0.3) is 0 Å². The van der Waals surface area contributed by atoms with E-state index in [1.165, 1.54) is 0 Å². The molecule has 90 valence electrons. The molecule has 0 spiro atoms. The first kappa shape index (κ1) is 12.5. The van der Waals surface area contributed by atoms with Crippen LogP contribution in [0.3, 0.4) is 0 Å². The second kappa shape index (κ2) is 5.50. The molecule has 0 aliphatic carbocycles. The second-order valence-electron chi connectivity index (χ2n) is 3.14. The van der Waals surface area contributed by atoms with Crippen LogP contribution in [0, 0.1) is 0 Å². The average Bonchev–Trinajstić information content (AvgIpc) is 2.27. The average molecular weight is 234 g/mol. The SMILES string of the molecule is CNC(=O)c1cccc(N=C(N)N=C(N)N)c1. The number of hydrogen-bond donors (Lipinski definition) is 4. The Morgan fingerprint density at radius 3 is 2.59 bits per heavy atom.